The zero-order valence-electron chi connectivity index (χ0n) is 52.6. The Kier molecular flexibility index (Phi) is 55.5. The molecule has 82 heavy (non-hydrogen) atoms. The van der Waals surface area contributed by atoms with Crippen LogP contribution in [-0.4, -0.2) is 96.7 Å². The molecule has 0 aromatic carbocycles. The van der Waals surface area contributed by atoms with E-state index in [1.165, 1.54) is 135 Å². The maximum atomic E-state index is 13.0. The smallest absolute Gasteiger partial charge is 0.462 e. The van der Waals surface area contributed by atoms with E-state index in [9.17, 15) is 43.2 Å². The molecule has 17 nitrogen and oxygen atoms in total. The average Bonchev–Trinajstić information content (AvgIpc) is 3.46. The van der Waals surface area contributed by atoms with Gasteiger partial charge in [-0.15, -0.1) is 0 Å². The van der Waals surface area contributed by atoms with Crippen LogP contribution in [0.1, 0.15) is 317 Å². The number of esters is 4. The van der Waals surface area contributed by atoms with Crippen LogP contribution in [0, 0.1) is 5.92 Å². The molecule has 0 rings (SSSR count). The summed E-state index contributed by atoms with van der Waals surface area (Å²) in [4.78, 5) is 72.1. The van der Waals surface area contributed by atoms with Crippen molar-refractivity contribution in [3.63, 3.8) is 0 Å². The third-order valence-corrected chi connectivity index (χ3v) is 16.4. The van der Waals surface area contributed by atoms with E-state index in [0.29, 0.717) is 25.7 Å². The summed E-state index contributed by atoms with van der Waals surface area (Å²) < 4.78 is 67.9. The number of carbonyl (C=O) groups is 4. The first kappa shape index (κ1) is 80.1. The van der Waals surface area contributed by atoms with Gasteiger partial charge in [0, 0.05) is 25.7 Å². The van der Waals surface area contributed by atoms with Crippen molar-refractivity contribution in [2.24, 2.45) is 5.92 Å². The largest absolute Gasteiger partial charge is 0.472 e. The zero-order valence-corrected chi connectivity index (χ0v) is 54.4. The molecule has 0 bridgehead atoms. The lowest BCUT2D eigenvalue weighted by atomic mass is 10.0. The van der Waals surface area contributed by atoms with Gasteiger partial charge in [-0.2, -0.15) is 0 Å². The van der Waals surface area contributed by atoms with Crippen LogP contribution in [0.25, 0.3) is 0 Å². The fraction of sp³-hybridized carbons (Fsp3) is 0.937. The van der Waals surface area contributed by atoms with Gasteiger partial charge in [0.25, 0.3) is 0 Å². The van der Waals surface area contributed by atoms with Crippen molar-refractivity contribution in [3.8, 4) is 0 Å². The summed E-state index contributed by atoms with van der Waals surface area (Å²) >= 11 is 0. The molecular weight excluding hydrogens is 1090 g/mol. The van der Waals surface area contributed by atoms with E-state index in [-0.39, 0.29) is 25.7 Å². The second-order valence-corrected chi connectivity index (χ2v) is 26.2. The molecule has 0 heterocycles. The highest BCUT2D eigenvalue weighted by Gasteiger charge is 2.30. The Morgan fingerprint density at radius 2 is 0.561 bits per heavy atom. The van der Waals surface area contributed by atoms with Crippen LogP contribution in [0.5, 0.6) is 0 Å². The molecule has 0 fully saturated rings. The van der Waals surface area contributed by atoms with Crippen LogP contribution in [0.4, 0.5) is 0 Å². The normalized spacial score (nSPS) is 14.3. The Bertz CT molecular complexity index is 1600. The van der Waals surface area contributed by atoms with E-state index in [1.807, 2.05) is 0 Å². The lowest BCUT2D eigenvalue weighted by molar-refractivity contribution is -0.161. The van der Waals surface area contributed by atoms with Crippen molar-refractivity contribution in [1.82, 2.24) is 0 Å². The highest BCUT2D eigenvalue weighted by molar-refractivity contribution is 7.47. The number of unbranched alkanes of at least 4 members (excludes halogenated alkanes) is 35. The van der Waals surface area contributed by atoms with E-state index in [1.54, 1.807) is 0 Å². The van der Waals surface area contributed by atoms with Crippen LogP contribution in [-0.2, 0) is 65.4 Å². The summed E-state index contributed by atoms with van der Waals surface area (Å²) in [5, 5.41) is 10.5. The van der Waals surface area contributed by atoms with E-state index < -0.39 is 97.5 Å². The van der Waals surface area contributed by atoms with Crippen molar-refractivity contribution in [1.29, 1.82) is 0 Å². The number of aliphatic hydroxyl groups excluding tert-OH is 1. The summed E-state index contributed by atoms with van der Waals surface area (Å²) in [5.74, 6) is -1.38. The van der Waals surface area contributed by atoms with Gasteiger partial charge in [0.2, 0.25) is 0 Å². The monoisotopic (exact) mass is 1210 g/mol. The minimum Gasteiger partial charge on any atom is -0.462 e. The van der Waals surface area contributed by atoms with Crippen molar-refractivity contribution in [3.05, 3.63) is 0 Å². The molecule has 0 aliphatic carbocycles. The molecule has 0 radical (unpaired) electrons. The van der Waals surface area contributed by atoms with Crippen molar-refractivity contribution < 1.29 is 80.2 Å². The molecule has 0 aromatic heterocycles. The Morgan fingerprint density at radius 3 is 0.829 bits per heavy atom. The fourth-order valence-electron chi connectivity index (χ4n) is 9.41. The van der Waals surface area contributed by atoms with Gasteiger partial charge in [0.15, 0.2) is 12.2 Å². The Labute approximate surface area is 498 Å². The minimum atomic E-state index is -4.94. The zero-order chi connectivity index (χ0) is 60.6. The Hall–Kier alpha value is -1.94. The lowest BCUT2D eigenvalue weighted by Crippen LogP contribution is -2.30. The first-order chi connectivity index (χ1) is 39.5. The van der Waals surface area contributed by atoms with E-state index >= 15 is 0 Å². The van der Waals surface area contributed by atoms with Crippen LogP contribution in [0.3, 0.4) is 0 Å². The maximum Gasteiger partial charge on any atom is 0.472 e. The summed E-state index contributed by atoms with van der Waals surface area (Å²) in [6, 6.07) is 0. The second kappa shape index (κ2) is 56.8. The molecule has 5 atom stereocenters. The first-order valence-electron chi connectivity index (χ1n) is 33.1. The Morgan fingerprint density at radius 1 is 0.329 bits per heavy atom. The molecule has 0 saturated heterocycles. The highest BCUT2D eigenvalue weighted by atomic mass is 31.2. The Balaban J connectivity index is 5.23. The van der Waals surface area contributed by atoms with Gasteiger partial charge in [0.05, 0.1) is 26.4 Å². The van der Waals surface area contributed by atoms with Gasteiger partial charge in [0.1, 0.15) is 19.3 Å². The molecule has 3 N–H and O–H groups in total. The van der Waals surface area contributed by atoms with Crippen LogP contribution in [0.2, 0.25) is 0 Å². The maximum absolute atomic E-state index is 13.0. The molecule has 0 spiro atoms. The number of hydrogen-bond acceptors (Lipinski definition) is 15. The van der Waals surface area contributed by atoms with Crippen LogP contribution in [0.15, 0.2) is 0 Å². The number of carbonyl (C=O) groups excluding carboxylic acids is 4. The number of phosphoric ester groups is 2. The standard InChI is InChI=1S/C63H122O17P2/c1-6-9-12-15-18-21-23-28-32-37-42-47-61(66)74-53-59(80-63(68)49-44-39-34-29-25-24-26-30-35-40-45-56(4)5)55-78-82(71,72)76-51-57(64)50-75-81(69,70)77-54-58(52-73-60(65)46-41-36-31-20-17-14-11-8-3)79-62(67)48-43-38-33-27-22-19-16-13-10-7-2/h56-59,64H,6-55H2,1-5H3,(H,69,70)(H,71,72)/t57-,58+,59+/m0/s1. The van der Waals surface area contributed by atoms with Gasteiger partial charge in [-0.1, -0.05) is 266 Å². The van der Waals surface area contributed by atoms with Crippen molar-refractivity contribution in [2.45, 2.75) is 335 Å². The number of phosphoric acid groups is 2. The summed E-state index contributed by atoms with van der Waals surface area (Å²) in [6.07, 6.45) is 40.2. The molecular formula is C63H122O17P2. The molecule has 0 aromatic rings. The lowest BCUT2D eigenvalue weighted by Gasteiger charge is -2.21. The first-order valence-corrected chi connectivity index (χ1v) is 36.1. The SMILES string of the molecule is CCCCCCCCCCCCCC(=O)OC[C@H](COP(=O)(O)OC[C@@H](O)COP(=O)(O)OC[C@@H](COC(=O)CCCCCCCCCC)OC(=O)CCCCCCCCCCCC)OC(=O)CCCCCCCCCCCCC(C)C. The van der Waals surface area contributed by atoms with Crippen LogP contribution >= 0.6 is 15.6 Å². The van der Waals surface area contributed by atoms with Crippen molar-refractivity contribution in [2.75, 3.05) is 39.6 Å². The molecule has 0 saturated carbocycles. The van der Waals surface area contributed by atoms with E-state index in [4.69, 9.17) is 37.0 Å². The van der Waals surface area contributed by atoms with Gasteiger partial charge in [-0.25, -0.2) is 9.13 Å². The molecule has 19 heteroatoms. The molecule has 486 valence electrons. The molecule has 0 aliphatic rings. The van der Waals surface area contributed by atoms with E-state index in [2.05, 4.69) is 34.6 Å². The van der Waals surface area contributed by atoms with Gasteiger partial charge < -0.3 is 33.8 Å². The number of rotatable bonds is 63. The van der Waals surface area contributed by atoms with Crippen LogP contribution < -0.4 is 0 Å². The summed E-state index contributed by atoms with van der Waals surface area (Å²) in [7, 11) is -9.88. The predicted octanol–water partition coefficient (Wildman–Crippen LogP) is 17.4. The molecule has 0 amide bonds. The highest BCUT2D eigenvalue weighted by Crippen LogP contribution is 2.45. The number of aliphatic hydroxyl groups is 1. The summed E-state index contributed by atoms with van der Waals surface area (Å²) in [5.41, 5.74) is 0. The number of ether oxygens (including phenoxy) is 4. The predicted molar refractivity (Wildman–Crippen MR) is 326 cm³/mol. The molecule has 2 unspecified atom stereocenters. The van der Waals surface area contributed by atoms with E-state index in [0.717, 1.165) is 102 Å². The van der Waals surface area contributed by atoms with Gasteiger partial charge in [-0.3, -0.25) is 37.3 Å². The topological polar surface area (TPSA) is 237 Å². The van der Waals surface area contributed by atoms with Gasteiger partial charge in [-0.05, 0) is 31.6 Å². The fourth-order valence-corrected chi connectivity index (χ4v) is 11.0. The average molecular weight is 1210 g/mol. The third kappa shape index (κ3) is 57.2. The second-order valence-electron chi connectivity index (χ2n) is 23.3. The quantitative estimate of drug-likeness (QED) is 0.0222. The number of hydrogen-bond donors (Lipinski definition) is 3. The third-order valence-electron chi connectivity index (χ3n) is 14.5. The van der Waals surface area contributed by atoms with Crippen molar-refractivity contribution >= 4 is 39.5 Å². The minimum absolute atomic E-state index is 0.106. The summed E-state index contributed by atoms with van der Waals surface area (Å²) in [6.45, 7) is 7.14. The van der Waals surface area contributed by atoms with Gasteiger partial charge >= 0.3 is 39.5 Å². The molecule has 0 aliphatic heterocycles.